The predicted molar refractivity (Wildman–Crippen MR) is 283 cm³/mol. The van der Waals surface area contributed by atoms with E-state index in [9.17, 15) is 0 Å². The predicted octanol–water partition coefficient (Wildman–Crippen LogP) is 18.5. The molecule has 66 heavy (non-hydrogen) atoms. The summed E-state index contributed by atoms with van der Waals surface area (Å²) >= 11 is 0. The van der Waals surface area contributed by atoms with Crippen LogP contribution in [-0.4, -0.2) is 4.57 Å². The Morgan fingerprint density at radius 1 is 0.364 bits per heavy atom. The number of fused-ring (bicyclic) bond motifs is 3. The molecule has 0 N–H and O–H groups in total. The van der Waals surface area contributed by atoms with Gasteiger partial charge in [0.15, 0.2) is 0 Å². The molecule has 9 aromatic carbocycles. The first-order valence-corrected chi connectivity index (χ1v) is 23.4. The van der Waals surface area contributed by atoms with Crippen molar-refractivity contribution in [2.75, 3.05) is 4.90 Å². The lowest BCUT2D eigenvalue weighted by Gasteiger charge is -2.36. The number of aromatic nitrogens is 1. The van der Waals surface area contributed by atoms with E-state index in [1.165, 1.54) is 71.9 Å². The first-order valence-electron chi connectivity index (χ1n) is 23.4. The minimum absolute atomic E-state index is 0.196. The molecule has 10 rings (SSSR count). The molecule has 0 saturated carbocycles. The molecule has 1 heterocycles. The van der Waals surface area contributed by atoms with Gasteiger partial charge in [0.2, 0.25) is 0 Å². The van der Waals surface area contributed by atoms with Gasteiger partial charge in [0, 0.05) is 33.5 Å². The zero-order valence-electron chi connectivity index (χ0n) is 39.0. The first-order chi connectivity index (χ1) is 32.0. The van der Waals surface area contributed by atoms with Crippen molar-refractivity contribution < 1.29 is 0 Å². The van der Waals surface area contributed by atoms with E-state index in [1.807, 2.05) is 0 Å². The van der Waals surface area contributed by atoms with Gasteiger partial charge in [-0.2, -0.15) is 0 Å². The molecule has 1 aromatic heterocycles. The average Bonchev–Trinajstić information content (AvgIpc) is 3.67. The van der Waals surface area contributed by atoms with Gasteiger partial charge < -0.3 is 9.47 Å². The highest BCUT2D eigenvalue weighted by Gasteiger charge is 2.30. The highest BCUT2D eigenvalue weighted by Crippen LogP contribution is 2.44. The Hall–Kier alpha value is -7.42. The van der Waals surface area contributed by atoms with Gasteiger partial charge in [-0.3, -0.25) is 0 Å². The van der Waals surface area contributed by atoms with Gasteiger partial charge in [-0.05, 0) is 146 Å². The van der Waals surface area contributed by atoms with Crippen molar-refractivity contribution in [1.82, 2.24) is 4.57 Å². The Morgan fingerprint density at radius 3 is 1.15 bits per heavy atom. The van der Waals surface area contributed by atoms with Crippen molar-refractivity contribution in [1.29, 1.82) is 0 Å². The second kappa shape index (κ2) is 17.5. The number of para-hydroxylation sites is 2. The van der Waals surface area contributed by atoms with Crippen molar-refractivity contribution in [3.05, 3.63) is 230 Å². The molecule has 324 valence electrons. The number of benzene rings is 9. The van der Waals surface area contributed by atoms with Crippen molar-refractivity contribution in [3.63, 3.8) is 0 Å². The minimum atomic E-state index is 0.196. The smallest absolute Gasteiger partial charge is 0.0541 e. The van der Waals surface area contributed by atoms with Crippen LogP contribution in [0.4, 0.5) is 17.1 Å². The quantitative estimate of drug-likeness (QED) is 0.133. The van der Waals surface area contributed by atoms with Crippen molar-refractivity contribution in [3.8, 4) is 50.2 Å². The van der Waals surface area contributed by atoms with E-state index in [1.54, 1.807) is 0 Å². The monoisotopic (exact) mass is 854 g/mol. The molecule has 0 saturated heterocycles. The molecule has 0 aliphatic heterocycles. The lowest BCUT2D eigenvalue weighted by molar-refractivity contribution is 0.229. The van der Waals surface area contributed by atoms with E-state index in [-0.39, 0.29) is 10.8 Å². The van der Waals surface area contributed by atoms with Crippen LogP contribution in [-0.2, 0) is 0 Å². The van der Waals surface area contributed by atoms with E-state index >= 15 is 0 Å². The Kier molecular flexibility index (Phi) is 11.3. The molecular weight excluding hydrogens is 797 g/mol. The molecule has 0 amide bonds. The van der Waals surface area contributed by atoms with Crippen LogP contribution in [0.1, 0.15) is 59.4 Å². The maximum atomic E-state index is 2.40. The van der Waals surface area contributed by atoms with Crippen molar-refractivity contribution in [2.45, 2.75) is 53.9 Å². The second-order valence-corrected chi connectivity index (χ2v) is 20.1. The Labute approximate surface area is 391 Å². The first kappa shape index (κ1) is 42.5. The lowest BCUT2D eigenvalue weighted by Crippen LogP contribution is -2.23. The van der Waals surface area contributed by atoms with Crippen LogP contribution >= 0.6 is 0 Å². The SMILES string of the molecule is CC(C)(C)CC(c1ccc(-c2ccc(-c3ccc4c(c3)c3cc(-c5ccc(N(c6ccccc6)c6ccc(-c7ccccc7)cc6)cc5)ccc3n4-c3ccccc3)cc2)cc1)C(C)(C)C. The van der Waals surface area contributed by atoms with Crippen LogP contribution in [0.15, 0.2) is 224 Å². The molecule has 1 atom stereocenters. The summed E-state index contributed by atoms with van der Waals surface area (Å²) in [4.78, 5) is 2.33. The average molecular weight is 855 g/mol. The molecule has 10 aromatic rings. The van der Waals surface area contributed by atoms with Gasteiger partial charge in [0.25, 0.3) is 0 Å². The summed E-state index contributed by atoms with van der Waals surface area (Å²) < 4.78 is 2.40. The summed E-state index contributed by atoms with van der Waals surface area (Å²) in [5, 5.41) is 2.47. The number of anilines is 3. The van der Waals surface area contributed by atoms with Gasteiger partial charge in [-0.15, -0.1) is 0 Å². The molecule has 0 fully saturated rings. The number of hydrogen-bond acceptors (Lipinski definition) is 1. The second-order valence-electron chi connectivity index (χ2n) is 20.1. The molecule has 2 nitrogen and oxygen atoms in total. The van der Waals surface area contributed by atoms with Gasteiger partial charge in [-0.1, -0.05) is 193 Å². The molecule has 0 radical (unpaired) electrons. The minimum Gasteiger partial charge on any atom is -0.311 e. The van der Waals surface area contributed by atoms with Crippen LogP contribution in [0.5, 0.6) is 0 Å². The Balaban J connectivity index is 0.980. The van der Waals surface area contributed by atoms with E-state index in [0.717, 1.165) is 29.2 Å². The van der Waals surface area contributed by atoms with Crippen LogP contribution in [0.25, 0.3) is 72.0 Å². The van der Waals surface area contributed by atoms with Crippen LogP contribution < -0.4 is 4.90 Å². The van der Waals surface area contributed by atoms with Crippen LogP contribution in [0.3, 0.4) is 0 Å². The molecule has 0 spiro atoms. The Bertz CT molecular complexity index is 3220. The lowest BCUT2D eigenvalue weighted by atomic mass is 9.69. The zero-order valence-corrected chi connectivity index (χ0v) is 39.0. The fraction of sp³-hybridized carbons (Fsp3) is 0.156. The summed E-state index contributed by atoms with van der Waals surface area (Å²) in [6, 6.07) is 82.2. The number of nitrogens with zero attached hydrogens (tertiary/aromatic N) is 2. The van der Waals surface area contributed by atoms with Gasteiger partial charge >= 0.3 is 0 Å². The highest BCUT2D eigenvalue weighted by molar-refractivity contribution is 6.11. The molecule has 0 aliphatic rings. The zero-order chi connectivity index (χ0) is 45.4. The summed E-state index contributed by atoms with van der Waals surface area (Å²) in [6.45, 7) is 14.2. The fourth-order valence-electron chi connectivity index (χ4n) is 9.80. The fourth-order valence-corrected chi connectivity index (χ4v) is 9.80. The van der Waals surface area contributed by atoms with Crippen molar-refractivity contribution in [2.24, 2.45) is 10.8 Å². The van der Waals surface area contributed by atoms with E-state index in [0.29, 0.717) is 5.92 Å². The number of rotatable bonds is 10. The van der Waals surface area contributed by atoms with Crippen LogP contribution in [0.2, 0.25) is 0 Å². The Morgan fingerprint density at radius 2 is 0.712 bits per heavy atom. The largest absolute Gasteiger partial charge is 0.311 e. The topological polar surface area (TPSA) is 8.17 Å². The van der Waals surface area contributed by atoms with Crippen molar-refractivity contribution >= 4 is 38.9 Å². The third kappa shape index (κ3) is 8.72. The summed E-state index contributed by atoms with van der Waals surface area (Å²) in [5.41, 5.74) is 18.5. The summed E-state index contributed by atoms with van der Waals surface area (Å²) in [5.74, 6) is 0.499. The third-order valence-corrected chi connectivity index (χ3v) is 13.2. The summed E-state index contributed by atoms with van der Waals surface area (Å²) in [7, 11) is 0. The van der Waals surface area contributed by atoms with E-state index in [2.05, 4.69) is 275 Å². The molecule has 2 heteroatoms. The van der Waals surface area contributed by atoms with E-state index < -0.39 is 0 Å². The molecule has 0 bridgehead atoms. The highest BCUT2D eigenvalue weighted by atomic mass is 15.1. The van der Waals surface area contributed by atoms with E-state index in [4.69, 9.17) is 0 Å². The normalized spacial score (nSPS) is 12.4. The van der Waals surface area contributed by atoms with Crippen LogP contribution in [0, 0.1) is 10.8 Å². The maximum absolute atomic E-state index is 2.40. The standard InChI is InChI=1S/C64H58N2/c1-63(2,3)44-60(64(4,5)6)51-28-26-47(27-29-51)46-22-24-49(25-23-46)52-34-40-61-58(42-52)59-43-53(35-41-62(59)66(61)55-20-14-9-15-21-55)50-32-38-57(39-33-50)65(54-18-12-8-13-19-54)56-36-30-48(31-37-56)45-16-10-7-11-17-45/h7-43,60H,44H2,1-6H3. The molecule has 1 unspecified atom stereocenters. The third-order valence-electron chi connectivity index (χ3n) is 13.2. The van der Waals surface area contributed by atoms with Gasteiger partial charge in [0.1, 0.15) is 0 Å². The van der Waals surface area contributed by atoms with Gasteiger partial charge in [0.05, 0.1) is 11.0 Å². The van der Waals surface area contributed by atoms with Gasteiger partial charge in [-0.25, -0.2) is 0 Å². The molecular formula is C64H58N2. The molecule has 0 aliphatic carbocycles. The maximum Gasteiger partial charge on any atom is 0.0541 e. The number of hydrogen-bond donors (Lipinski definition) is 0. The summed E-state index contributed by atoms with van der Waals surface area (Å²) in [6.07, 6.45) is 1.16.